The van der Waals surface area contributed by atoms with Gasteiger partial charge in [0.2, 0.25) is 5.91 Å². The van der Waals surface area contributed by atoms with E-state index in [0.717, 1.165) is 13.0 Å². The van der Waals surface area contributed by atoms with Gasteiger partial charge in [-0.2, -0.15) is 10.2 Å². The second-order valence-electron chi connectivity index (χ2n) is 8.53. The highest BCUT2D eigenvalue weighted by Gasteiger charge is 2.33. The molecule has 0 saturated heterocycles. The van der Waals surface area contributed by atoms with E-state index in [0.29, 0.717) is 33.8 Å². The zero-order valence-electron chi connectivity index (χ0n) is 20.9. The van der Waals surface area contributed by atoms with Crippen LogP contribution in [0.25, 0.3) is 21.3 Å². The van der Waals surface area contributed by atoms with E-state index >= 15 is 0 Å². The van der Waals surface area contributed by atoms with E-state index < -0.39 is 59.2 Å². The summed E-state index contributed by atoms with van der Waals surface area (Å²) in [5.41, 5.74) is 3.44. The molecular weight excluding hydrogens is 588 g/mol. The van der Waals surface area contributed by atoms with E-state index in [1.807, 2.05) is 0 Å². The van der Waals surface area contributed by atoms with Gasteiger partial charge in [0, 0.05) is 23.7 Å². The number of nitrogens with two attached hydrogens (primary N) is 1. The molecule has 17 heteroatoms. The highest BCUT2D eigenvalue weighted by molar-refractivity contribution is 7.21. The van der Waals surface area contributed by atoms with Crippen molar-refractivity contribution in [2.45, 2.75) is 52.6 Å². The Kier molecular flexibility index (Phi) is 8.12. The van der Waals surface area contributed by atoms with Crippen molar-refractivity contribution >= 4 is 50.7 Å². The minimum atomic E-state index is -3.35. The Morgan fingerprint density at radius 2 is 1.77 bits per heavy atom. The van der Waals surface area contributed by atoms with E-state index in [9.17, 15) is 35.9 Å². The molecular formula is C23H20ClF6N7O2S. The number of primary amides is 1. The Balaban J connectivity index is 1.90. The molecule has 0 bridgehead atoms. The second-order valence-corrected chi connectivity index (χ2v) is 9.90. The maximum Gasteiger partial charge on any atom is 0.283 e. The predicted molar refractivity (Wildman–Crippen MR) is 135 cm³/mol. The van der Waals surface area contributed by atoms with Crippen molar-refractivity contribution in [2.75, 3.05) is 5.32 Å². The van der Waals surface area contributed by atoms with E-state index in [1.165, 1.54) is 0 Å². The maximum absolute atomic E-state index is 13.8. The minimum Gasteiger partial charge on any atom is -0.365 e. The summed E-state index contributed by atoms with van der Waals surface area (Å²) >= 11 is 6.34. The van der Waals surface area contributed by atoms with Gasteiger partial charge in [-0.05, 0) is 32.4 Å². The summed E-state index contributed by atoms with van der Waals surface area (Å²) in [6, 6.07) is -0.545. The number of carbonyl (C=O) groups excluding carboxylic acids is 2. The molecule has 0 saturated carbocycles. The predicted octanol–water partition coefficient (Wildman–Crippen LogP) is 6.45. The smallest absolute Gasteiger partial charge is 0.283 e. The van der Waals surface area contributed by atoms with Crippen LogP contribution in [0.2, 0.25) is 5.02 Å². The van der Waals surface area contributed by atoms with Gasteiger partial charge in [-0.1, -0.05) is 11.6 Å². The Morgan fingerprint density at radius 3 is 2.30 bits per heavy atom. The van der Waals surface area contributed by atoms with Crippen LogP contribution >= 0.6 is 22.9 Å². The fraction of sp³-hybridized carbons (Fsp3) is 0.348. The molecule has 4 aromatic rings. The number of rotatable bonds is 9. The molecule has 0 aliphatic carbocycles. The first-order valence-electron chi connectivity index (χ1n) is 11.5. The van der Waals surface area contributed by atoms with Crippen molar-refractivity contribution in [3.8, 4) is 11.1 Å². The van der Waals surface area contributed by atoms with Gasteiger partial charge in [0.05, 0.1) is 16.4 Å². The zero-order chi connectivity index (χ0) is 29.6. The number of amides is 2. The number of alkyl halides is 6. The third kappa shape index (κ3) is 5.12. The number of hydrogen-bond donors (Lipinski definition) is 2. The molecule has 0 spiro atoms. The first-order valence-corrected chi connectivity index (χ1v) is 12.7. The molecule has 0 aliphatic heterocycles. The van der Waals surface area contributed by atoms with E-state index in [2.05, 4.69) is 20.5 Å². The lowest BCUT2D eigenvalue weighted by Crippen LogP contribution is -2.27. The molecule has 1 unspecified atom stereocenters. The van der Waals surface area contributed by atoms with E-state index in [1.54, 1.807) is 24.7 Å². The van der Waals surface area contributed by atoms with Crippen LogP contribution in [0, 0.1) is 6.92 Å². The summed E-state index contributed by atoms with van der Waals surface area (Å²) in [6.07, 6.45) is -8.05. The van der Waals surface area contributed by atoms with Crippen molar-refractivity contribution < 1.29 is 35.9 Å². The number of fused-ring (bicyclic) bond motifs is 1. The van der Waals surface area contributed by atoms with E-state index in [-0.39, 0.29) is 26.3 Å². The van der Waals surface area contributed by atoms with Gasteiger partial charge >= 0.3 is 0 Å². The first kappa shape index (κ1) is 29.3. The van der Waals surface area contributed by atoms with Crippen LogP contribution in [0.5, 0.6) is 0 Å². The van der Waals surface area contributed by atoms with Crippen LogP contribution in [0.3, 0.4) is 0 Å². The molecule has 214 valence electrons. The lowest BCUT2D eigenvalue weighted by Gasteiger charge is -2.16. The molecule has 0 fully saturated rings. The van der Waals surface area contributed by atoms with Crippen molar-refractivity contribution in [3.63, 3.8) is 0 Å². The summed E-state index contributed by atoms with van der Waals surface area (Å²) in [7, 11) is 0. The largest absolute Gasteiger partial charge is 0.365 e. The quantitative estimate of drug-likeness (QED) is 0.212. The average Bonchev–Trinajstić information content (AvgIpc) is 3.55. The van der Waals surface area contributed by atoms with Crippen LogP contribution in [0.1, 0.15) is 71.6 Å². The van der Waals surface area contributed by atoms with Crippen molar-refractivity contribution in [3.05, 3.63) is 44.9 Å². The van der Waals surface area contributed by atoms with Crippen LogP contribution < -0.4 is 11.1 Å². The topological polar surface area (TPSA) is 121 Å². The van der Waals surface area contributed by atoms with Gasteiger partial charge < -0.3 is 11.1 Å². The fourth-order valence-corrected chi connectivity index (χ4v) is 5.40. The Labute approximate surface area is 230 Å². The maximum atomic E-state index is 13.8. The number of thiophene rings is 1. The average molecular weight is 608 g/mol. The number of nitrogens with one attached hydrogen (secondary N) is 1. The summed E-state index contributed by atoms with van der Waals surface area (Å²) in [5.74, 6) is -2.10. The van der Waals surface area contributed by atoms with Crippen molar-refractivity contribution in [1.82, 2.24) is 24.5 Å². The third-order valence-electron chi connectivity index (χ3n) is 6.01. The number of carbonyl (C=O) groups is 2. The van der Waals surface area contributed by atoms with Gasteiger partial charge in [0.1, 0.15) is 32.8 Å². The summed E-state index contributed by atoms with van der Waals surface area (Å²) in [6.45, 7) is 4.99. The number of halogens is 7. The molecule has 9 nitrogen and oxygen atoms in total. The summed E-state index contributed by atoms with van der Waals surface area (Å²) in [5, 5.41) is 9.23. The fourth-order valence-electron chi connectivity index (χ4n) is 4.09. The third-order valence-corrected chi connectivity index (χ3v) is 7.50. The molecule has 0 aromatic carbocycles. The summed E-state index contributed by atoms with van der Waals surface area (Å²) in [4.78, 5) is 29.2. The van der Waals surface area contributed by atoms with Crippen molar-refractivity contribution in [1.29, 1.82) is 0 Å². The van der Waals surface area contributed by atoms with Gasteiger partial charge in [0.15, 0.2) is 0 Å². The Hall–Kier alpha value is -3.66. The number of aromatic nitrogens is 5. The normalized spacial score (nSPS) is 12.7. The standard InChI is InChI=1S/C23H20ClF6N7O2S/c1-4-36-6-10(7(2)34-36)9-5-11(18(25)26)32-23-12(9)14(17(40-23)21(31)38)33-22(39)8(3)37-16(20(29)30)13(24)15(35-37)19(27)28/h5-6,8,18-20H,4H2,1-3H3,(H2,31,38)(H,33,39). The molecule has 0 radical (unpaired) electrons. The molecule has 40 heavy (non-hydrogen) atoms. The number of aryl methyl sites for hydroxylation is 2. The van der Waals surface area contributed by atoms with Crippen LogP contribution in [0.4, 0.5) is 32.0 Å². The lowest BCUT2D eigenvalue weighted by molar-refractivity contribution is -0.119. The molecule has 4 heterocycles. The highest BCUT2D eigenvalue weighted by atomic mass is 35.5. The van der Waals surface area contributed by atoms with Crippen LogP contribution in [0.15, 0.2) is 12.3 Å². The monoisotopic (exact) mass is 607 g/mol. The zero-order valence-corrected chi connectivity index (χ0v) is 22.4. The molecule has 3 N–H and O–H groups in total. The lowest BCUT2D eigenvalue weighted by atomic mass is 10.0. The number of hydrogen-bond acceptors (Lipinski definition) is 6. The SMILES string of the molecule is CCn1cc(-c2cc(C(F)F)nc3sc(C(N)=O)c(NC(=O)C(C)n4nc(C(F)F)c(Cl)c4C(F)F)c23)c(C)n1. The Morgan fingerprint density at radius 1 is 1.10 bits per heavy atom. The molecule has 1 atom stereocenters. The van der Waals surface area contributed by atoms with Crippen molar-refractivity contribution in [2.24, 2.45) is 5.73 Å². The molecule has 4 rings (SSSR count). The number of anilines is 1. The van der Waals surface area contributed by atoms with E-state index in [4.69, 9.17) is 17.3 Å². The van der Waals surface area contributed by atoms with Crippen LogP contribution in [-0.4, -0.2) is 36.4 Å². The minimum absolute atomic E-state index is 0.0661. The Bertz CT molecular complexity index is 1620. The number of pyridine rings is 1. The molecule has 2 amide bonds. The highest BCUT2D eigenvalue weighted by Crippen LogP contribution is 2.44. The molecule has 0 aliphatic rings. The number of nitrogens with zero attached hydrogens (tertiary/aromatic N) is 5. The second kappa shape index (κ2) is 11.1. The van der Waals surface area contributed by atoms with Gasteiger partial charge in [-0.25, -0.2) is 36.0 Å². The van der Waals surface area contributed by atoms with Gasteiger partial charge in [-0.15, -0.1) is 11.3 Å². The molecule has 4 aromatic heterocycles. The first-order chi connectivity index (χ1) is 18.8. The summed E-state index contributed by atoms with van der Waals surface area (Å²) < 4.78 is 83.4. The van der Waals surface area contributed by atoms with Gasteiger partial charge in [0.25, 0.3) is 25.2 Å². The van der Waals surface area contributed by atoms with Gasteiger partial charge in [-0.3, -0.25) is 14.3 Å². The van der Waals surface area contributed by atoms with Crippen LogP contribution in [-0.2, 0) is 11.3 Å².